The molecule has 1 aromatic carbocycles. The first-order valence-electron chi connectivity index (χ1n) is 10.1. The Hall–Kier alpha value is -4.35. The lowest BCUT2D eigenvalue weighted by molar-refractivity contribution is -0.146. The second-order valence-electron chi connectivity index (χ2n) is 7.58. The van der Waals surface area contributed by atoms with Gasteiger partial charge in [0.05, 0.1) is 17.4 Å². The van der Waals surface area contributed by atoms with Gasteiger partial charge in [0.2, 0.25) is 5.56 Å². The molecule has 3 aromatic heterocycles. The van der Waals surface area contributed by atoms with Crippen molar-refractivity contribution in [1.82, 2.24) is 35.5 Å². The fourth-order valence-corrected chi connectivity index (χ4v) is 3.28. The van der Waals surface area contributed by atoms with E-state index < -0.39 is 23.9 Å². The van der Waals surface area contributed by atoms with Gasteiger partial charge in [-0.15, -0.1) is 5.10 Å². The number of H-pyrrole nitrogens is 1. The summed E-state index contributed by atoms with van der Waals surface area (Å²) in [7, 11) is 0. The Morgan fingerprint density at radius 2 is 1.94 bits per heavy atom. The number of nitrogens with zero attached hydrogens (tertiary/aromatic N) is 5. The normalized spacial score (nSPS) is 12.4. The third-order valence-corrected chi connectivity index (χ3v) is 5.00. The highest BCUT2D eigenvalue weighted by molar-refractivity contribution is 5.96. The van der Waals surface area contributed by atoms with E-state index in [1.807, 2.05) is 6.92 Å². The molecule has 0 spiro atoms. The number of hydrogen-bond acceptors (Lipinski definition) is 6. The van der Waals surface area contributed by atoms with Gasteiger partial charge in [0.1, 0.15) is 0 Å². The van der Waals surface area contributed by atoms with Crippen molar-refractivity contribution < 1.29 is 18.0 Å². The van der Waals surface area contributed by atoms with Crippen LogP contribution >= 0.6 is 0 Å². The largest absolute Gasteiger partial charge is 0.453 e. The second-order valence-corrected chi connectivity index (χ2v) is 7.58. The number of aromatic nitrogens is 6. The number of nitrogens with one attached hydrogen (secondary N) is 2. The van der Waals surface area contributed by atoms with Crippen LogP contribution in [-0.4, -0.2) is 36.1 Å². The van der Waals surface area contributed by atoms with Crippen LogP contribution < -0.4 is 10.9 Å². The molecule has 1 unspecified atom stereocenters. The molecule has 0 radical (unpaired) electrons. The molecule has 0 fully saturated rings. The molecule has 4 aromatic rings. The predicted octanol–water partition coefficient (Wildman–Crippen LogP) is 3.23. The van der Waals surface area contributed by atoms with E-state index in [-0.39, 0.29) is 16.8 Å². The molecule has 34 heavy (non-hydrogen) atoms. The summed E-state index contributed by atoms with van der Waals surface area (Å²) in [5.41, 5.74) is 1.98. The number of pyridine rings is 2. The lowest BCUT2D eigenvalue weighted by atomic mass is 10.0. The highest BCUT2D eigenvalue weighted by Gasteiger charge is 2.38. The average Bonchev–Trinajstić information content (AvgIpc) is 3.30. The van der Waals surface area contributed by atoms with Crippen molar-refractivity contribution in [3.8, 4) is 16.9 Å². The van der Waals surface area contributed by atoms with E-state index in [0.717, 1.165) is 5.56 Å². The number of alkyl halides is 3. The summed E-state index contributed by atoms with van der Waals surface area (Å²) in [5.74, 6) is -1.89. The van der Waals surface area contributed by atoms with Crippen molar-refractivity contribution in [3.63, 3.8) is 0 Å². The third-order valence-electron chi connectivity index (χ3n) is 5.00. The van der Waals surface area contributed by atoms with E-state index in [2.05, 4.69) is 30.8 Å². The number of benzene rings is 1. The number of halogens is 3. The smallest absolute Gasteiger partial charge is 0.346 e. The van der Waals surface area contributed by atoms with Crippen LogP contribution in [0.25, 0.3) is 16.9 Å². The number of aryl methyl sites for hydroxylation is 1. The van der Waals surface area contributed by atoms with Gasteiger partial charge >= 0.3 is 6.18 Å². The summed E-state index contributed by atoms with van der Waals surface area (Å²) in [5, 5.41) is 12.4. The Morgan fingerprint density at radius 1 is 1.15 bits per heavy atom. The molecule has 1 amide bonds. The van der Waals surface area contributed by atoms with Gasteiger partial charge in [0, 0.05) is 29.6 Å². The summed E-state index contributed by atoms with van der Waals surface area (Å²) < 4.78 is 40.7. The maximum absolute atomic E-state index is 13.4. The van der Waals surface area contributed by atoms with Crippen molar-refractivity contribution in [2.24, 2.45) is 0 Å². The molecule has 2 N–H and O–H groups in total. The molecule has 4 rings (SSSR count). The van der Waals surface area contributed by atoms with Crippen LogP contribution in [-0.2, 0) is 6.18 Å². The van der Waals surface area contributed by atoms with E-state index in [1.54, 1.807) is 31.3 Å². The fourth-order valence-electron chi connectivity index (χ4n) is 3.28. The maximum Gasteiger partial charge on any atom is 0.453 e. The van der Waals surface area contributed by atoms with Crippen LogP contribution in [0.3, 0.4) is 0 Å². The van der Waals surface area contributed by atoms with Gasteiger partial charge in [0.15, 0.2) is 0 Å². The maximum atomic E-state index is 13.4. The van der Waals surface area contributed by atoms with Crippen molar-refractivity contribution in [2.45, 2.75) is 26.1 Å². The Kier molecular flexibility index (Phi) is 5.97. The summed E-state index contributed by atoms with van der Waals surface area (Å²) >= 11 is 0. The number of aromatic amines is 1. The summed E-state index contributed by atoms with van der Waals surface area (Å²) in [6.45, 7) is 3.53. The predicted molar refractivity (Wildman–Crippen MR) is 115 cm³/mol. The quantitative estimate of drug-likeness (QED) is 0.463. The lowest BCUT2D eigenvalue weighted by Gasteiger charge is -2.16. The van der Waals surface area contributed by atoms with E-state index >= 15 is 0 Å². The second kappa shape index (κ2) is 8.89. The van der Waals surface area contributed by atoms with Crippen LogP contribution in [0, 0.1) is 6.92 Å². The first-order chi connectivity index (χ1) is 16.1. The van der Waals surface area contributed by atoms with Gasteiger partial charge < -0.3 is 10.3 Å². The van der Waals surface area contributed by atoms with E-state index in [9.17, 15) is 22.8 Å². The van der Waals surface area contributed by atoms with Gasteiger partial charge in [-0.3, -0.25) is 14.6 Å². The molecule has 174 valence electrons. The summed E-state index contributed by atoms with van der Waals surface area (Å²) in [6.07, 6.45) is -1.74. The van der Waals surface area contributed by atoms with Crippen molar-refractivity contribution in [1.29, 1.82) is 0 Å². The minimum atomic E-state index is -4.81. The number of carbonyl (C=O) groups excluding carboxylic acids is 1. The zero-order valence-electron chi connectivity index (χ0n) is 18.0. The summed E-state index contributed by atoms with van der Waals surface area (Å²) in [6, 6.07) is 10.1. The Morgan fingerprint density at radius 3 is 2.62 bits per heavy atom. The molecular weight excluding hydrogens is 451 g/mol. The first-order valence-corrected chi connectivity index (χ1v) is 10.1. The topological polar surface area (TPSA) is 118 Å². The van der Waals surface area contributed by atoms with Crippen LogP contribution in [0.15, 0.2) is 59.7 Å². The summed E-state index contributed by atoms with van der Waals surface area (Å²) in [4.78, 5) is 31.4. The minimum Gasteiger partial charge on any atom is -0.346 e. The molecule has 12 heteroatoms. The van der Waals surface area contributed by atoms with Gasteiger partial charge in [-0.1, -0.05) is 6.07 Å². The number of hydrogen-bond donors (Lipinski definition) is 2. The van der Waals surface area contributed by atoms with Gasteiger partial charge in [0.25, 0.3) is 11.7 Å². The molecule has 0 bridgehead atoms. The Bertz CT molecular complexity index is 1390. The van der Waals surface area contributed by atoms with Crippen molar-refractivity contribution >= 4 is 5.91 Å². The molecule has 0 aliphatic carbocycles. The van der Waals surface area contributed by atoms with Crippen LogP contribution in [0.4, 0.5) is 13.2 Å². The Balaban J connectivity index is 1.77. The third kappa shape index (κ3) is 4.85. The molecule has 1 atom stereocenters. The standard InChI is InChI=1S/C22H18F3N7O2/c1-12-3-4-18(27-11-12)15-7-16(20(34)28-13(2)14-5-6-26-19(33)10-14)9-17(8-15)32-21(22(23,24)25)29-30-31-32/h3-11,13H,1-2H3,(H,26,33)(H,28,34). The number of amides is 1. The molecule has 9 nitrogen and oxygen atoms in total. The lowest BCUT2D eigenvalue weighted by Crippen LogP contribution is -2.27. The molecule has 0 saturated carbocycles. The zero-order chi connectivity index (χ0) is 24.5. The number of carbonyl (C=O) groups is 1. The molecule has 0 aliphatic rings. The van der Waals surface area contributed by atoms with Gasteiger partial charge in [-0.25, -0.2) is 0 Å². The van der Waals surface area contributed by atoms with Crippen molar-refractivity contribution in [2.75, 3.05) is 0 Å². The highest BCUT2D eigenvalue weighted by atomic mass is 19.4. The zero-order valence-corrected chi connectivity index (χ0v) is 18.0. The highest BCUT2D eigenvalue weighted by Crippen LogP contribution is 2.30. The molecular formula is C22H18F3N7O2. The van der Waals surface area contributed by atoms with Crippen LogP contribution in [0.5, 0.6) is 0 Å². The van der Waals surface area contributed by atoms with E-state index in [4.69, 9.17) is 0 Å². The van der Waals surface area contributed by atoms with Crippen LogP contribution in [0.1, 0.15) is 40.3 Å². The van der Waals surface area contributed by atoms with Gasteiger partial charge in [-0.2, -0.15) is 17.9 Å². The first kappa shape index (κ1) is 22.8. The van der Waals surface area contributed by atoms with E-state index in [0.29, 0.717) is 21.5 Å². The average molecular weight is 469 g/mol. The van der Waals surface area contributed by atoms with Crippen LogP contribution in [0.2, 0.25) is 0 Å². The monoisotopic (exact) mass is 469 g/mol. The minimum absolute atomic E-state index is 0.0637. The fraction of sp³-hybridized carbons (Fsp3) is 0.182. The van der Waals surface area contributed by atoms with Crippen molar-refractivity contribution in [3.05, 3.63) is 87.7 Å². The molecule has 0 aliphatic heterocycles. The number of rotatable bonds is 5. The molecule has 3 heterocycles. The molecule has 0 saturated heterocycles. The van der Waals surface area contributed by atoms with E-state index in [1.165, 1.54) is 30.5 Å². The SMILES string of the molecule is Cc1ccc(-c2cc(C(=O)NC(C)c3cc[nH]c(=O)c3)cc(-n3nnnc3C(F)(F)F)c2)nc1. The Labute approximate surface area is 190 Å². The number of tetrazole rings is 1. The van der Waals surface area contributed by atoms with Gasteiger partial charge in [-0.05, 0) is 65.7 Å².